The Balaban J connectivity index is 2.69. The van der Waals surface area contributed by atoms with E-state index >= 15 is 0 Å². The van der Waals surface area contributed by atoms with E-state index in [0.29, 0.717) is 18.8 Å². The Hall–Kier alpha value is -1.48. The Bertz CT molecular complexity index is 392. The van der Waals surface area contributed by atoms with E-state index in [4.69, 9.17) is 9.84 Å². The maximum absolute atomic E-state index is 12.2. The quantitative estimate of drug-likeness (QED) is 0.652. The van der Waals surface area contributed by atoms with Crippen molar-refractivity contribution < 1.29 is 29.0 Å². The highest BCUT2D eigenvalue weighted by Gasteiger charge is 2.35. The Morgan fingerprint density at radius 1 is 1.52 bits per heavy atom. The number of nitrogens with one attached hydrogen (secondary N) is 1. The lowest BCUT2D eigenvalue weighted by Crippen LogP contribution is -2.58. The Morgan fingerprint density at radius 3 is 2.81 bits per heavy atom. The highest BCUT2D eigenvalue weighted by Crippen LogP contribution is 2.10. The van der Waals surface area contributed by atoms with Crippen molar-refractivity contribution in [3.05, 3.63) is 0 Å². The summed E-state index contributed by atoms with van der Waals surface area (Å²) in [7, 11) is 1.23. The molecule has 0 radical (unpaired) electrons. The summed E-state index contributed by atoms with van der Waals surface area (Å²) in [5.74, 6) is -1.07. The molecule has 0 spiro atoms. The molecule has 1 rings (SSSR count). The van der Waals surface area contributed by atoms with Gasteiger partial charge in [0.15, 0.2) is 6.04 Å². The van der Waals surface area contributed by atoms with E-state index in [9.17, 15) is 14.4 Å². The van der Waals surface area contributed by atoms with E-state index in [1.165, 1.54) is 23.8 Å². The number of carbonyl (C=O) groups is 3. The van der Waals surface area contributed by atoms with Crippen molar-refractivity contribution in [2.24, 2.45) is 0 Å². The standard InChI is InChI=1S/C12H20N2O6S/c1-19-11(17)9-7-20-5-4-14(9)12(18)13-8(10(15)16)3-6-21-2/h8-9H,3-7H2,1-2H3,(H,13,18)(H,15,16)/t8-,9?/m1/s1. The lowest BCUT2D eigenvalue weighted by molar-refractivity contribution is -0.151. The zero-order valence-electron chi connectivity index (χ0n) is 12.0. The highest BCUT2D eigenvalue weighted by atomic mass is 32.2. The predicted octanol–water partition coefficient (Wildman–Crippen LogP) is -0.224. The lowest BCUT2D eigenvalue weighted by Gasteiger charge is -2.34. The second-order valence-corrected chi connectivity index (χ2v) is 5.41. The van der Waals surface area contributed by atoms with Crippen molar-refractivity contribution in [3.8, 4) is 0 Å². The summed E-state index contributed by atoms with van der Waals surface area (Å²) in [6.07, 6.45) is 2.17. The minimum atomic E-state index is -1.10. The fourth-order valence-corrected chi connectivity index (χ4v) is 2.37. The largest absolute Gasteiger partial charge is 0.480 e. The summed E-state index contributed by atoms with van der Waals surface area (Å²) >= 11 is 1.50. The number of ether oxygens (including phenoxy) is 2. The normalized spacial score (nSPS) is 19.7. The smallest absolute Gasteiger partial charge is 0.331 e. The number of carboxylic acid groups (broad SMARTS) is 1. The molecule has 0 aromatic carbocycles. The van der Waals surface area contributed by atoms with Crippen LogP contribution in [0.2, 0.25) is 0 Å². The van der Waals surface area contributed by atoms with E-state index in [1.54, 1.807) is 0 Å². The average molecular weight is 320 g/mol. The molecule has 120 valence electrons. The highest BCUT2D eigenvalue weighted by molar-refractivity contribution is 7.98. The first kappa shape index (κ1) is 17.6. The summed E-state index contributed by atoms with van der Waals surface area (Å²) in [5.41, 5.74) is 0. The zero-order chi connectivity index (χ0) is 15.8. The second kappa shape index (κ2) is 8.73. The fourth-order valence-electron chi connectivity index (χ4n) is 1.90. The van der Waals surface area contributed by atoms with Gasteiger partial charge in [-0.3, -0.25) is 0 Å². The molecule has 0 aromatic heterocycles. The van der Waals surface area contributed by atoms with Crippen LogP contribution in [0.25, 0.3) is 0 Å². The van der Waals surface area contributed by atoms with Gasteiger partial charge in [-0.25, -0.2) is 14.4 Å². The summed E-state index contributed by atoms with van der Waals surface area (Å²) in [5, 5.41) is 11.6. The molecule has 21 heavy (non-hydrogen) atoms. The van der Waals surface area contributed by atoms with Crippen LogP contribution in [0.3, 0.4) is 0 Å². The number of carbonyl (C=O) groups excluding carboxylic acids is 2. The molecule has 2 atom stereocenters. The molecule has 1 unspecified atom stereocenters. The van der Waals surface area contributed by atoms with Crippen LogP contribution < -0.4 is 5.32 Å². The van der Waals surface area contributed by atoms with Crippen LogP contribution in [0, 0.1) is 0 Å². The van der Waals surface area contributed by atoms with Crippen LogP contribution in [-0.4, -0.2) is 78.9 Å². The van der Waals surface area contributed by atoms with E-state index in [-0.39, 0.29) is 13.2 Å². The number of hydrogen-bond acceptors (Lipinski definition) is 6. The van der Waals surface area contributed by atoms with Gasteiger partial charge >= 0.3 is 18.0 Å². The first-order valence-corrected chi connectivity index (χ1v) is 7.85. The minimum Gasteiger partial charge on any atom is -0.480 e. The van der Waals surface area contributed by atoms with Crippen LogP contribution in [0.1, 0.15) is 6.42 Å². The molecule has 1 aliphatic heterocycles. The number of carboxylic acids is 1. The molecule has 0 aromatic rings. The van der Waals surface area contributed by atoms with E-state index in [2.05, 4.69) is 10.1 Å². The van der Waals surface area contributed by atoms with Gasteiger partial charge in [0, 0.05) is 6.54 Å². The molecule has 2 N–H and O–H groups in total. The molecule has 1 fully saturated rings. The van der Waals surface area contributed by atoms with Gasteiger partial charge in [0.05, 0.1) is 20.3 Å². The number of methoxy groups -OCH3 is 1. The summed E-state index contributed by atoms with van der Waals surface area (Å²) < 4.78 is 9.79. The van der Waals surface area contributed by atoms with Gasteiger partial charge in [0.2, 0.25) is 0 Å². The third-order valence-electron chi connectivity index (χ3n) is 3.07. The average Bonchev–Trinajstić information content (AvgIpc) is 2.50. The Morgan fingerprint density at radius 2 is 2.24 bits per heavy atom. The van der Waals surface area contributed by atoms with Crippen molar-refractivity contribution in [1.29, 1.82) is 0 Å². The molecule has 8 nitrogen and oxygen atoms in total. The maximum atomic E-state index is 12.2. The van der Waals surface area contributed by atoms with Crippen LogP contribution in [0.15, 0.2) is 0 Å². The summed E-state index contributed by atoms with van der Waals surface area (Å²) in [6, 6.07) is -2.42. The number of morpholine rings is 1. The van der Waals surface area contributed by atoms with Gasteiger partial charge in [0.1, 0.15) is 6.04 Å². The fraction of sp³-hybridized carbons (Fsp3) is 0.750. The van der Waals surface area contributed by atoms with E-state index in [1.807, 2.05) is 6.26 Å². The molecule has 1 heterocycles. The molecule has 0 aliphatic carbocycles. The number of esters is 1. The van der Waals surface area contributed by atoms with Crippen LogP contribution >= 0.6 is 11.8 Å². The molecular formula is C12H20N2O6S. The molecule has 1 saturated heterocycles. The lowest BCUT2D eigenvalue weighted by atomic mass is 10.2. The minimum absolute atomic E-state index is 0.0443. The van der Waals surface area contributed by atoms with Gasteiger partial charge in [-0.2, -0.15) is 11.8 Å². The number of thioether (sulfide) groups is 1. The Kier molecular flexibility index (Phi) is 7.30. The maximum Gasteiger partial charge on any atom is 0.331 e. The van der Waals surface area contributed by atoms with Crippen LogP contribution in [0.5, 0.6) is 0 Å². The van der Waals surface area contributed by atoms with Gasteiger partial charge in [-0.05, 0) is 18.4 Å². The number of urea groups is 1. The molecule has 1 aliphatic rings. The molecule has 0 saturated carbocycles. The predicted molar refractivity (Wildman–Crippen MR) is 76.3 cm³/mol. The monoisotopic (exact) mass is 320 g/mol. The number of aliphatic carboxylic acids is 1. The topological polar surface area (TPSA) is 105 Å². The van der Waals surface area contributed by atoms with E-state index < -0.39 is 30.1 Å². The van der Waals surface area contributed by atoms with Crippen molar-refractivity contribution in [3.63, 3.8) is 0 Å². The van der Waals surface area contributed by atoms with Gasteiger partial charge in [-0.15, -0.1) is 0 Å². The van der Waals surface area contributed by atoms with Crippen LogP contribution in [-0.2, 0) is 19.1 Å². The van der Waals surface area contributed by atoms with E-state index in [0.717, 1.165) is 0 Å². The number of hydrogen-bond donors (Lipinski definition) is 2. The Labute approximate surface area is 127 Å². The third-order valence-corrected chi connectivity index (χ3v) is 3.71. The molecule has 0 bridgehead atoms. The molecule has 9 heteroatoms. The number of amides is 2. The second-order valence-electron chi connectivity index (χ2n) is 4.43. The van der Waals surface area contributed by atoms with Crippen molar-refractivity contribution in [2.45, 2.75) is 18.5 Å². The van der Waals surface area contributed by atoms with Crippen molar-refractivity contribution in [2.75, 3.05) is 38.9 Å². The van der Waals surface area contributed by atoms with Crippen molar-refractivity contribution in [1.82, 2.24) is 10.2 Å². The van der Waals surface area contributed by atoms with Crippen LogP contribution in [0.4, 0.5) is 4.79 Å². The first-order chi connectivity index (χ1) is 10.0. The van der Waals surface area contributed by atoms with Gasteiger partial charge in [-0.1, -0.05) is 0 Å². The van der Waals surface area contributed by atoms with Gasteiger partial charge < -0.3 is 24.8 Å². The summed E-state index contributed by atoms with van der Waals surface area (Å²) in [4.78, 5) is 36.2. The SMILES string of the molecule is COC(=O)C1COCCN1C(=O)N[C@H](CCSC)C(=O)O. The van der Waals surface area contributed by atoms with Crippen molar-refractivity contribution >= 4 is 29.7 Å². The molecular weight excluding hydrogens is 300 g/mol. The molecule has 2 amide bonds. The number of rotatable bonds is 6. The zero-order valence-corrected chi connectivity index (χ0v) is 12.9. The number of nitrogens with zero attached hydrogens (tertiary/aromatic N) is 1. The summed E-state index contributed by atoms with van der Waals surface area (Å²) in [6.45, 7) is 0.548. The van der Waals surface area contributed by atoms with Gasteiger partial charge in [0.25, 0.3) is 0 Å². The third kappa shape index (κ3) is 5.09. The first-order valence-electron chi connectivity index (χ1n) is 6.45.